The minimum atomic E-state index is 0.794. The second-order valence-corrected chi connectivity index (χ2v) is 4.55. The molecule has 0 saturated carbocycles. The van der Waals surface area contributed by atoms with Crippen molar-refractivity contribution in [2.45, 2.75) is 25.3 Å². The molecule has 1 fully saturated rings. The molecule has 1 heterocycles. The second kappa shape index (κ2) is 6.38. The van der Waals surface area contributed by atoms with Crippen molar-refractivity contribution >= 4 is 0 Å². The van der Waals surface area contributed by atoms with Crippen LogP contribution in [-0.4, -0.2) is 63.2 Å². The fourth-order valence-corrected chi connectivity index (χ4v) is 2.25. The van der Waals surface area contributed by atoms with E-state index < -0.39 is 0 Å². The highest BCUT2D eigenvalue weighted by Gasteiger charge is 2.22. The van der Waals surface area contributed by atoms with Crippen LogP contribution in [0.25, 0.3) is 0 Å². The lowest BCUT2D eigenvalue weighted by Crippen LogP contribution is -2.38. The van der Waals surface area contributed by atoms with Gasteiger partial charge in [0.05, 0.1) is 0 Å². The summed E-state index contributed by atoms with van der Waals surface area (Å²) < 4.78 is 0. The molecule has 3 heteroatoms. The Balaban J connectivity index is 2.15. The third-order valence-corrected chi connectivity index (χ3v) is 2.99. The molecule has 1 aliphatic rings. The molecule has 84 valence electrons. The second-order valence-electron chi connectivity index (χ2n) is 4.55. The minimum absolute atomic E-state index is 0.794. The number of hydrogen-bond donors (Lipinski definition) is 1. The number of rotatable bonds is 6. The molecule has 0 aromatic heterocycles. The van der Waals surface area contributed by atoms with E-state index in [1.165, 1.54) is 38.9 Å². The molecule has 1 saturated heterocycles. The Morgan fingerprint density at radius 1 is 1.43 bits per heavy atom. The predicted molar refractivity (Wildman–Crippen MR) is 61.7 cm³/mol. The lowest BCUT2D eigenvalue weighted by Gasteiger charge is -2.24. The molecule has 1 rings (SSSR count). The molecule has 0 aromatic rings. The number of hydrogen-bond acceptors (Lipinski definition) is 3. The van der Waals surface area contributed by atoms with Gasteiger partial charge < -0.3 is 10.2 Å². The molecule has 0 amide bonds. The van der Waals surface area contributed by atoms with Crippen molar-refractivity contribution in [1.82, 2.24) is 15.1 Å². The van der Waals surface area contributed by atoms with Crippen molar-refractivity contribution in [2.75, 3.05) is 47.3 Å². The highest BCUT2D eigenvalue weighted by molar-refractivity contribution is 4.80. The first-order chi connectivity index (χ1) is 6.74. The number of likely N-dealkylation sites (N-methyl/N-ethyl adjacent to an activating group) is 1. The molecule has 0 spiro atoms. The molecule has 0 aliphatic carbocycles. The average Bonchev–Trinajstić information content (AvgIpc) is 2.53. The van der Waals surface area contributed by atoms with E-state index in [1.807, 2.05) is 0 Å². The van der Waals surface area contributed by atoms with Crippen LogP contribution in [0.15, 0.2) is 0 Å². The van der Waals surface area contributed by atoms with E-state index in [4.69, 9.17) is 0 Å². The molecule has 1 atom stereocenters. The third kappa shape index (κ3) is 3.95. The van der Waals surface area contributed by atoms with Gasteiger partial charge in [0.25, 0.3) is 0 Å². The summed E-state index contributed by atoms with van der Waals surface area (Å²) in [7, 11) is 6.35. The zero-order valence-corrected chi connectivity index (χ0v) is 9.92. The molecular weight excluding hydrogens is 174 g/mol. The Bertz CT molecular complexity index is 147. The normalized spacial score (nSPS) is 23.6. The van der Waals surface area contributed by atoms with Crippen LogP contribution in [0.4, 0.5) is 0 Å². The van der Waals surface area contributed by atoms with Crippen molar-refractivity contribution in [3.05, 3.63) is 0 Å². The zero-order chi connectivity index (χ0) is 10.4. The summed E-state index contributed by atoms with van der Waals surface area (Å²) in [6, 6.07) is 0.794. The summed E-state index contributed by atoms with van der Waals surface area (Å²) in [4.78, 5) is 4.91. The van der Waals surface area contributed by atoms with Gasteiger partial charge in [-0.3, -0.25) is 4.90 Å². The predicted octanol–water partition coefficient (Wildman–Crippen LogP) is 0.622. The Hall–Kier alpha value is -0.120. The highest BCUT2D eigenvalue weighted by atomic mass is 15.2. The maximum atomic E-state index is 3.29. The summed E-state index contributed by atoms with van der Waals surface area (Å²) in [6.07, 6.45) is 4.06. The Kier molecular flexibility index (Phi) is 5.45. The molecule has 0 bridgehead atoms. The van der Waals surface area contributed by atoms with Crippen molar-refractivity contribution in [2.24, 2.45) is 0 Å². The van der Waals surface area contributed by atoms with E-state index in [1.54, 1.807) is 0 Å². The van der Waals surface area contributed by atoms with Crippen molar-refractivity contribution in [3.63, 3.8) is 0 Å². The first kappa shape index (κ1) is 12.0. The summed E-state index contributed by atoms with van der Waals surface area (Å²) in [5.74, 6) is 0. The van der Waals surface area contributed by atoms with Crippen LogP contribution in [0.3, 0.4) is 0 Å². The van der Waals surface area contributed by atoms with Gasteiger partial charge in [0, 0.05) is 12.6 Å². The lowest BCUT2D eigenvalue weighted by molar-refractivity contribution is 0.235. The van der Waals surface area contributed by atoms with Gasteiger partial charge in [-0.25, -0.2) is 0 Å². The molecule has 1 aliphatic heterocycles. The molecule has 1 N–H and O–H groups in total. The van der Waals surface area contributed by atoms with Gasteiger partial charge in [-0.2, -0.15) is 0 Å². The number of nitrogens with one attached hydrogen (secondary N) is 1. The van der Waals surface area contributed by atoms with Crippen molar-refractivity contribution < 1.29 is 0 Å². The number of nitrogens with zero attached hydrogens (tertiary/aromatic N) is 2. The molecule has 3 nitrogen and oxygen atoms in total. The minimum Gasteiger partial charge on any atom is -0.318 e. The van der Waals surface area contributed by atoms with Gasteiger partial charge in [0.1, 0.15) is 0 Å². The van der Waals surface area contributed by atoms with Crippen LogP contribution in [0.5, 0.6) is 0 Å². The monoisotopic (exact) mass is 199 g/mol. The average molecular weight is 199 g/mol. The van der Waals surface area contributed by atoms with Gasteiger partial charge in [-0.1, -0.05) is 0 Å². The first-order valence-electron chi connectivity index (χ1n) is 5.77. The van der Waals surface area contributed by atoms with Crippen LogP contribution in [0, 0.1) is 0 Å². The third-order valence-electron chi connectivity index (χ3n) is 2.99. The molecule has 0 aromatic carbocycles. The zero-order valence-electron chi connectivity index (χ0n) is 9.92. The van der Waals surface area contributed by atoms with Crippen molar-refractivity contribution in [3.8, 4) is 0 Å². The summed E-state index contributed by atoms with van der Waals surface area (Å²) in [5.41, 5.74) is 0. The van der Waals surface area contributed by atoms with E-state index >= 15 is 0 Å². The van der Waals surface area contributed by atoms with E-state index in [9.17, 15) is 0 Å². The van der Waals surface area contributed by atoms with E-state index in [-0.39, 0.29) is 0 Å². The van der Waals surface area contributed by atoms with Crippen LogP contribution in [0.2, 0.25) is 0 Å². The van der Waals surface area contributed by atoms with Gasteiger partial charge in [0.2, 0.25) is 0 Å². The van der Waals surface area contributed by atoms with Gasteiger partial charge in [-0.05, 0) is 60.0 Å². The van der Waals surface area contributed by atoms with Crippen LogP contribution >= 0.6 is 0 Å². The SMILES string of the molecule is CNCC1CCCN1CCCN(C)C. The fraction of sp³-hybridized carbons (Fsp3) is 1.00. The van der Waals surface area contributed by atoms with Crippen molar-refractivity contribution in [1.29, 1.82) is 0 Å². The van der Waals surface area contributed by atoms with E-state index in [2.05, 4.69) is 36.3 Å². The van der Waals surface area contributed by atoms with Gasteiger partial charge >= 0.3 is 0 Å². The fourth-order valence-electron chi connectivity index (χ4n) is 2.25. The Labute approximate surface area is 88.5 Å². The summed E-state index contributed by atoms with van der Waals surface area (Å²) in [5, 5.41) is 3.29. The van der Waals surface area contributed by atoms with Crippen LogP contribution in [0.1, 0.15) is 19.3 Å². The topological polar surface area (TPSA) is 18.5 Å². The summed E-state index contributed by atoms with van der Waals surface area (Å²) in [6.45, 7) is 4.94. The Morgan fingerprint density at radius 2 is 2.21 bits per heavy atom. The molecule has 1 unspecified atom stereocenters. The first-order valence-corrected chi connectivity index (χ1v) is 5.77. The van der Waals surface area contributed by atoms with Gasteiger partial charge in [0.15, 0.2) is 0 Å². The quantitative estimate of drug-likeness (QED) is 0.676. The van der Waals surface area contributed by atoms with Crippen LogP contribution < -0.4 is 5.32 Å². The molecule has 14 heavy (non-hydrogen) atoms. The Morgan fingerprint density at radius 3 is 2.86 bits per heavy atom. The molecular formula is C11H25N3. The van der Waals surface area contributed by atoms with E-state index in [0.717, 1.165) is 12.6 Å². The largest absolute Gasteiger partial charge is 0.318 e. The standard InChI is InChI=1S/C11H25N3/c1-12-10-11-6-4-8-14(11)9-5-7-13(2)3/h11-12H,4-10H2,1-3H3. The smallest absolute Gasteiger partial charge is 0.0221 e. The van der Waals surface area contributed by atoms with Gasteiger partial charge in [-0.15, -0.1) is 0 Å². The highest BCUT2D eigenvalue weighted by Crippen LogP contribution is 2.16. The maximum absolute atomic E-state index is 3.29. The molecule has 0 radical (unpaired) electrons. The van der Waals surface area contributed by atoms with Crippen LogP contribution in [-0.2, 0) is 0 Å². The number of likely N-dealkylation sites (tertiary alicyclic amines) is 1. The summed E-state index contributed by atoms with van der Waals surface area (Å²) >= 11 is 0. The lowest BCUT2D eigenvalue weighted by atomic mass is 10.2. The van der Waals surface area contributed by atoms with E-state index in [0.29, 0.717) is 0 Å². The maximum Gasteiger partial charge on any atom is 0.0221 e.